The number of hydrogen-bond donors (Lipinski definition) is 0. The SMILES string of the molecule is CC(C)C(=O)c1ccc(Br)nc1Cl. The highest BCUT2D eigenvalue weighted by Crippen LogP contribution is 2.19. The number of Topliss-reactive ketones (excluding diaryl/α,β-unsaturated/α-hetero) is 1. The lowest BCUT2D eigenvalue weighted by atomic mass is 10.0. The van der Waals surface area contributed by atoms with Crippen molar-refractivity contribution in [2.45, 2.75) is 13.8 Å². The van der Waals surface area contributed by atoms with Crippen LogP contribution in [-0.2, 0) is 0 Å². The van der Waals surface area contributed by atoms with E-state index in [1.54, 1.807) is 12.1 Å². The predicted octanol–water partition coefficient (Wildman–Crippen LogP) is 3.34. The van der Waals surface area contributed by atoms with Crippen LogP contribution in [0, 0.1) is 5.92 Å². The van der Waals surface area contributed by atoms with Gasteiger partial charge >= 0.3 is 0 Å². The quantitative estimate of drug-likeness (QED) is 0.604. The van der Waals surface area contributed by atoms with Crippen molar-refractivity contribution < 1.29 is 4.79 Å². The molecule has 1 heterocycles. The van der Waals surface area contributed by atoms with Crippen molar-refractivity contribution in [3.05, 3.63) is 27.5 Å². The minimum atomic E-state index is -0.0551. The highest BCUT2D eigenvalue weighted by molar-refractivity contribution is 9.10. The Morgan fingerprint density at radius 3 is 2.62 bits per heavy atom. The van der Waals surface area contributed by atoms with Crippen LogP contribution in [0.2, 0.25) is 5.15 Å². The lowest BCUT2D eigenvalue weighted by Crippen LogP contribution is -2.08. The average molecular weight is 263 g/mol. The third kappa shape index (κ3) is 2.51. The van der Waals surface area contributed by atoms with E-state index in [1.165, 1.54) is 0 Å². The normalized spacial score (nSPS) is 10.5. The highest BCUT2D eigenvalue weighted by Gasteiger charge is 2.14. The van der Waals surface area contributed by atoms with E-state index >= 15 is 0 Å². The maximum Gasteiger partial charge on any atom is 0.168 e. The molecule has 0 fully saturated rings. The van der Waals surface area contributed by atoms with E-state index in [0.29, 0.717) is 10.2 Å². The largest absolute Gasteiger partial charge is 0.294 e. The number of carbonyl (C=O) groups is 1. The standard InChI is InChI=1S/C9H9BrClNO/c1-5(2)8(13)6-3-4-7(10)12-9(6)11/h3-5H,1-2H3. The van der Waals surface area contributed by atoms with Gasteiger partial charge in [-0.3, -0.25) is 4.79 Å². The van der Waals surface area contributed by atoms with Gasteiger partial charge in [-0.2, -0.15) is 0 Å². The fourth-order valence-electron chi connectivity index (χ4n) is 0.907. The Bertz CT molecular complexity index is 338. The Kier molecular flexibility index (Phi) is 3.45. The second-order valence-corrected chi connectivity index (χ2v) is 4.16. The van der Waals surface area contributed by atoms with Crippen molar-refractivity contribution in [1.82, 2.24) is 4.98 Å². The van der Waals surface area contributed by atoms with Gasteiger partial charge in [-0.15, -0.1) is 0 Å². The van der Waals surface area contributed by atoms with Crippen LogP contribution in [0.5, 0.6) is 0 Å². The number of carbonyl (C=O) groups excluding carboxylic acids is 1. The lowest BCUT2D eigenvalue weighted by Gasteiger charge is -2.05. The van der Waals surface area contributed by atoms with E-state index in [1.807, 2.05) is 13.8 Å². The van der Waals surface area contributed by atoms with Crippen molar-refractivity contribution in [2.24, 2.45) is 5.92 Å². The van der Waals surface area contributed by atoms with Crippen LogP contribution in [-0.4, -0.2) is 10.8 Å². The number of hydrogen-bond acceptors (Lipinski definition) is 2. The molecule has 0 atom stereocenters. The van der Waals surface area contributed by atoms with E-state index in [2.05, 4.69) is 20.9 Å². The van der Waals surface area contributed by atoms with E-state index < -0.39 is 0 Å². The minimum absolute atomic E-state index is 0.0185. The molecule has 0 aromatic carbocycles. The summed E-state index contributed by atoms with van der Waals surface area (Å²) < 4.78 is 0.637. The zero-order valence-corrected chi connectivity index (χ0v) is 9.69. The topological polar surface area (TPSA) is 30.0 Å². The van der Waals surface area contributed by atoms with Crippen molar-refractivity contribution in [3.8, 4) is 0 Å². The first kappa shape index (κ1) is 10.7. The first-order valence-electron chi connectivity index (χ1n) is 3.88. The molecular weight excluding hydrogens is 253 g/mol. The van der Waals surface area contributed by atoms with Gasteiger partial charge in [0.1, 0.15) is 9.76 Å². The smallest absolute Gasteiger partial charge is 0.168 e. The molecule has 1 aromatic rings. The van der Waals surface area contributed by atoms with Crippen LogP contribution in [0.25, 0.3) is 0 Å². The van der Waals surface area contributed by atoms with Gasteiger partial charge in [-0.25, -0.2) is 4.98 Å². The molecule has 0 N–H and O–H groups in total. The number of nitrogens with zero attached hydrogens (tertiary/aromatic N) is 1. The minimum Gasteiger partial charge on any atom is -0.294 e. The Morgan fingerprint density at radius 1 is 1.54 bits per heavy atom. The van der Waals surface area contributed by atoms with Crippen molar-refractivity contribution in [3.63, 3.8) is 0 Å². The summed E-state index contributed by atoms with van der Waals surface area (Å²) in [6.45, 7) is 3.67. The molecular formula is C9H9BrClNO. The average Bonchev–Trinajstić information content (AvgIpc) is 2.03. The molecule has 1 rings (SSSR count). The number of pyridine rings is 1. The van der Waals surface area contributed by atoms with E-state index in [-0.39, 0.29) is 16.9 Å². The molecule has 0 amide bonds. The van der Waals surface area contributed by atoms with Crippen LogP contribution in [0.1, 0.15) is 24.2 Å². The summed E-state index contributed by atoms with van der Waals surface area (Å²) in [5.41, 5.74) is 0.486. The predicted molar refractivity (Wildman–Crippen MR) is 56.1 cm³/mol. The summed E-state index contributed by atoms with van der Waals surface area (Å²) in [5, 5.41) is 0.257. The maximum absolute atomic E-state index is 11.5. The molecule has 4 heteroatoms. The fourth-order valence-corrected chi connectivity index (χ4v) is 1.57. The molecule has 1 aromatic heterocycles. The zero-order chi connectivity index (χ0) is 10.0. The van der Waals surface area contributed by atoms with Gasteiger partial charge in [0.2, 0.25) is 0 Å². The van der Waals surface area contributed by atoms with Crippen LogP contribution in [0.15, 0.2) is 16.7 Å². The van der Waals surface area contributed by atoms with Gasteiger partial charge in [0.05, 0.1) is 5.56 Å². The monoisotopic (exact) mass is 261 g/mol. The molecule has 0 saturated heterocycles. The van der Waals surface area contributed by atoms with Crippen molar-refractivity contribution in [1.29, 1.82) is 0 Å². The van der Waals surface area contributed by atoms with Gasteiger partial charge in [-0.1, -0.05) is 25.4 Å². The Balaban J connectivity index is 3.09. The summed E-state index contributed by atoms with van der Waals surface area (Å²) in [6.07, 6.45) is 0. The number of aromatic nitrogens is 1. The zero-order valence-electron chi connectivity index (χ0n) is 7.34. The van der Waals surface area contributed by atoms with Gasteiger partial charge in [-0.05, 0) is 28.1 Å². The molecule has 2 nitrogen and oxygen atoms in total. The molecule has 0 spiro atoms. The summed E-state index contributed by atoms with van der Waals surface area (Å²) in [6, 6.07) is 3.39. The van der Waals surface area contributed by atoms with Crippen LogP contribution >= 0.6 is 27.5 Å². The first-order chi connectivity index (χ1) is 6.02. The third-order valence-electron chi connectivity index (χ3n) is 1.60. The molecule has 0 aliphatic rings. The summed E-state index contributed by atoms with van der Waals surface area (Å²) >= 11 is 8.98. The number of halogens is 2. The van der Waals surface area contributed by atoms with E-state index in [0.717, 1.165) is 0 Å². The second-order valence-electron chi connectivity index (χ2n) is 2.99. The fraction of sp³-hybridized carbons (Fsp3) is 0.333. The molecule has 0 bridgehead atoms. The van der Waals surface area contributed by atoms with Crippen molar-refractivity contribution in [2.75, 3.05) is 0 Å². The molecule has 0 saturated carbocycles. The van der Waals surface area contributed by atoms with Crippen LogP contribution < -0.4 is 0 Å². The molecule has 0 unspecified atom stereocenters. The summed E-state index contributed by atoms with van der Waals surface area (Å²) in [7, 11) is 0. The van der Waals surface area contributed by atoms with Gasteiger partial charge in [0, 0.05) is 5.92 Å². The molecule has 0 radical (unpaired) electrons. The Hall–Kier alpha value is -0.410. The molecule has 0 aliphatic carbocycles. The summed E-state index contributed by atoms with van der Waals surface area (Å²) in [4.78, 5) is 15.5. The maximum atomic E-state index is 11.5. The number of rotatable bonds is 2. The van der Waals surface area contributed by atoms with E-state index in [4.69, 9.17) is 11.6 Å². The first-order valence-corrected chi connectivity index (χ1v) is 5.05. The van der Waals surface area contributed by atoms with Gasteiger partial charge in [0.15, 0.2) is 5.78 Å². The molecule has 13 heavy (non-hydrogen) atoms. The third-order valence-corrected chi connectivity index (χ3v) is 2.33. The highest BCUT2D eigenvalue weighted by atomic mass is 79.9. The Labute approximate surface area is 90.4 Å². The Morgan fingerprint density at radius 2 is 2.15 bits per heavy atom. The molecule has 70 valence electrons. The lowest BCUT2D eigenvalue weighted by molar-refractivity contribution is 0.0939. The van der Waals surface area contributed by atoms with Gasteiger partial charge in [0.25, 0.3) is 0 Å². The molecule has 0 aliphatic heterocycles. The van der Waals surface area contributed by atoms with Crippen molar-refractivity contribution >= 4 is 33.3 Å². The summed E-state index contributed by atoms with van der Waals surface area (Å²) in [5.74, 6) is -0.0366. The van der Waals surface area contributed by atoms with Crippen LogP contribution in [0.4, 0.5) is 0 Å². The van der Waals surface area contributed by atoms with Crippen LogP contribution in [0.3, 0.4) is 0 Å². The van der Waals surface area contributed by atoms with Gasteiger partial charge < -0.3 is 0 Å². The number of ketones is 1. The second kappa shape index (κ2) is 4.20. The van der Waals surface area contributed by atoms with E-state index in [9.17, 15) is 4.79 Å².